The summed E-state index contributed by atoms with van der Waals surface area (Å²) in [7, 11) is 0. The van der Waals surface area contributed by atoms with E-state index in [0.717, 1.165) is 37.6 Å². The van der Waals surface area contributed by atoms with Gasteiger partial charge in [-0.3, -0.25) is 9.59 Å². The zero-order chi connectivity index (χ0) is 23.2. The van der Waals surface area contributed by atoms with Crippen LogP contribution in [0.5, 0.6) is 0 Å². The van der Waals surface area contributed by atoms with Crippen LogP contribution in [0.15, 0.2) is 91.0 Å². The van der Waals surface area contributed by atoms with Crippen LogP contribution in [0.2, 0.25) is 5.02 Å². The molecule has 2 aliphatic rings. The first kappa shape index (κ1) is 20.8. The second-order valence-electron chi connectivity index (χ2n) is 8.93. The quantitative estimate of drug-likeness (QED) is 0.427. The Morgan fingerprint density at radius 1 is 0.706 bits per heavy atom. The van der Waals surface area contributed by atoms with Crippen LogP contribution < -0.4 is 10.4 Å². The molecule has 0 bridgehead atoms. The summed E-state index contributed by atoms with van der Waals surface area (Å²) in [6.07, 6.45) is 4.25. The normalized spacial score (nSPS) is 18.3. The summed E-state index contributed by atoms with van der Waals surface area (Å²) in [4.78, 5) is 27.4. The van der Waals surface area contributed by atoms with E-state index < -0.39 is 5.92 Å². The van der Waals surface area contributed by atoms with Gasteiger partial charge in [-0.15, -0.1) is 0 Å². The molecule has 4 aromatic carbocycles. The molecule has 0 saturated heterocycles. The molecule has 0 spiro atoms. The lowest BCUT2D eigenvalue weighted by Gasteiger charge is -2.28. The number of benzene rings is 4. The molecule has 0 saturated carbocycles. The van der Waals surface area contributed by atoms with E-state index in [1.165, 1.54) is 0 Å². The van der Waals surface area contributed by atoms with Crippen LogP contribution in [0.1, 0.15) is 38.9 Å². The first-order valence-electron chi connectivity index (χ1n) is 11.4. The van der Waals surface area contributed by atoms with E-state index >= 15 is 0 Å². The van der Waals surface area contributed by atoms with Gasteiger partial charge in [0.05, 0.1) is 5.92 Å². The van der Waals surface area contributed by atoms with E-state index in [9.17, 15) is 9.59 Å². The molecule has 0 fully saturated rings. The zero-order valence-corrected chi connectivity index (χ0v) is 19.1. The van der Waals surface area contributed by atoms with Crippen molar-refractivity contribution in [2.45, 2.75) is 18.3 Å². The topological polar surface area (TPSA) is 34.1 Å². The van der Waals surface area contributed by atoms with Crippen LogP contribution in [0.4, 0.5) is 0 Å². The second-order valence-corrected chi connectivity index (χ2v) is 9.36. The van der Waals surface area contributed by atoms with Crippen molar-refractivity contribution in [3.8, 4) is 0 Å². The molecular formula is C31H21ClO2. The smallest absolute Gasteiger partial charge is 0.187 e. The minimum atomic E-state index is -0.427. The average Bonchev–Trinajstić information content (AvgIpc) is 2.87. The van der Waals surface area contributed by atoms with Gasteiger partial charge in [0, 0.05) is 16.5 Å². The van der Waals surface area contributed by atoms with Crippen LogP contribution in [0, 0.1) is 10.4 Å². The molecule has 2 atom stereocenters. The average molecular weight is 461 g/mol. The van der Waals surface area contributed by atoms with Gasteiger partial charge in [-0.1, -0.05) is 96.5 Å². The Kier molecular flexibility index (Phi) is 5.04. The molecule has 0 radical (unpaired) electrons. The maximum Gasteiger partial charge on any atom is 0.187 e. The number of fused-ring (bicyclic) bond motifs is 4. The first-order chi connectivity index (χ1) is 16.6. The number of carbonyl (C=O) groups excluding carboxylic acids is 2. The highest BCUT2D eigenvalue weighted by atomic mass is 35.5. The minimum absolute atomic E-state index is 0.0361. The third kappa shape index (κ3) is 3.43. The van der Waals surface area contributed by atoms with E-state index in [0.29, 0.717) is 17.0 Å². The maximum absolute atomic E-state index is 14.0. The van der Waals surface area contributed by atoms with Gasteiger partial charge in [0.2, 0.25) is 0 Å². The van der Waals surface area contributed by atoms with Crippen molar-refractivity contribution in [1.29, 1.82) is 0 Å². The molecule has 164 valence electrons. The SMILES string of the molecule is O=C1C=c2ccccc2=c2ccc3c(c21)C(Cc1ccc(Cl)cc1)C(=O)C(c1ccccc1)C=3. The van der Waals surface area contributed by atoms with Crippen LogP contribution in [0.3, 0.4) is 0 Å². The van der Waals surface area contributed by atoms with Gasteiger partial charge in [-0.25, -0.2) is 0 Å². The largest absolute Gasteiger partial charge is 0.298 e. The number of Topliss-reactive ketones (excluding diaryl/α,β-unsaturated/α-hetero) is 2. The second kappa shape index (κ2) is 8.23. The number of ketones is 2. The molecule has 6 rings (SSSR count). The fourth-order valence-electron chi connectivity index (χ4n) is 5.33. The lowest BCUT2D eigenvalue weighted by Crippen LogP contribution is -2.35. The van der Waals surface area contributed by atoms with Crippen LogP contribution >= 0.6 is 11.6 Å². The molecule has 0 N–H and O–H groups in total. The molecular weight excluding hydrogens is 440 g/mol. The molecule has 2 aliphatic carbocycles. The summed E-state index contributed by atoms with van der Waals surface area (Å²) >= 11 is 6.11. The number of halogens is 1. The van der Waals surface area contributed by atoms with E-state index in [1.807, 2.05) is 91.0 Å². The fourth-order valence-corrected chi connectivity index (χ4v) is 5.45. The van der Waals surface area contributed by atoms with Gasteiger partial charge < -0.3 is 0 Å². The number of hydrogen-bond donors (Lipinski definition) is 0. The third-order valence-electron chi connectivity index (χ3n) is 6.92. The highest BCUT2D eigenvalue weighted by Gasteiger charge is 2.35. The molecule has 0 amide bonds. The predicted octanol–water partition coefficient (Wildman–Crippen LogP) is 5.08. The van der Waals surface area contributed by atoms with E-state index in [4.69, 9.17) is 11.6 Å². The summed E-state index contributed by atoms with van der Waals surface area (Å²) in [5.74, 6) is -0.692. The van der Waals surface area contributed by atoms with Crippen LogP contribution in [-0.2, 0) is 11.2 Å². The number of rotatable bonds is 3. The molecule has 3 heteroatoms. The molecule has 0 heterocycles. The Hall–Kier alpha value is -3.75. The third-order valence-corrected chi connectivity index (χ3v) is 7.17. The lowest BCUT2D eigenvalue weighted by molar-refractivity contribution is -0.120. The summed E-state index contributed by atoms with van der Waals surface area (Å²) in [5, 5.41) is 4.48. The Labute approximate surface area is 202 Å². The molecule has 34 heavy (non-hydrogen) atoms. The van der Waals surface area contributed by atoms with Crippen LogP contribution in [0.25, 0.3) is 12.2 Å². The molecule has 4 aromatic rings. The number of hydrogen-bond acceptors (Lipinski definition) is 2. The van der Waals surface area contributed by atoms with Gasteiger partial charge in [-0.2, -0.15) is 0 Å². The first-order valence-corrected chi connectivity index (χ1v) is 11.8. The highest BCUT2D eigenvalue weighted by Crippen LogP contribution is 2.35. The monoisotopic (exact) mass is 460 g/mol. The predicted molar refractivity (Wildman–Crippen MR) is 135 cm³/mol. The molecule has 2 nitrogen and oxygen atoms in total. The van der Waals surface area contributed by atoms with E-state index in [2.05, 4.69) is 6.07 Å². The van der Waals surface area contributed by atoms with Gasteiger partial charge in [0.15, 0.2) is 11.6 Å². The van der Waals surface area contributed by atoms with Crippen molar-refractivity contribution >= 4 is 35.3 Å². The highest BCUT2D eigenvalue weighted by molar-refractivity contribution is 6.30. The van der Waals surface area contributed by atoms with Crippen molar-refractivity contribution in [2.24, 2.45) is 0 Å². The van der Waals surface area contributed by atoms with E-state index in [1.54, 1.807) is 6.08 Å². The Morgan fingerprint density at radius 3 is 2.24 bits per heavy atom. The molecule has 0 aliphatic heterocycles. The zero-order valence-electron chi connectivity index (χ0n) is 18.4. The Bertz CT molecular complexity index is 1670. The van der Waals surface area contributed by atoms with Crippen molar-refractivity contribution in [3.63, 3.8) is 0 Å². The van der Waals surface area contributed by atoms with E-state index in [-0.39, 0.29) is 17.5 Å². The Balaban J connectivity index is 1.65. The van der Waals surface area contributed by atoms with Gasteiger partial charge >= 0.3 is 0 Å². The Morgan fingerprint density at radius 2 is 1.44 bits per heavy atom. The van der Waals surface area contributed by atoms with Gasteiger partial charge in [-0.05, 0) is 62.2 Å². The van der Waals surface area contributed by atoms with Crippen molar-refractivity contribution in [1.82, 2.24) is 0 Å². The number of carbonyl (C=O) groups is 2. The van der Waals surface area contributed by atoms with Crippen LogP contribution in [-0.4, -0.2) is 11.6 Å². The van der Waals surface area contributed by atoms with Crippen molar-refractivity contribution in [2.75, 3.05) is 0 Å². The summed E-state index contributed by atoms with van der Waals surface area (Å²) < 4.78 is 0. The minimum Gasteiger partial charge on any atom is -0.298 e. The summed E-state index contributed by atoms with van der Waals surface area (Å²) in [6, 6.07) is 29.5. The van der Waals surface area contributed by atoms with Crippen molar-refractivity contribution in [3.05, 3.63) is 139 Å². The summed E-state index contributed by atoms with van der Waals surface area (Å²) in [5.41, 5.74) is 3.50. The lowest BCUT2D eigenvalue weighted by atomic mass is 9.73. The van der Waals surface area contributed by atoms with Gasteiger partial charge in [0.25, 0.3) is 0 Å². The molecule has 0 aromatic heterocycles. The molecule has 2 unspecified atom stereocenters. The van der Waals surface area contributed by atoms with Gasteiger partial charge in [0.1, 0.15) is 0 Å². The standard InChI is InChI=1S/C31H21ClO2/c32-23-13-10-19(11-14-23)16-27-29-22(17-26(31(27)34)20-6-2-1-3-7-20)12-15-25-24-9-5-4-8-21(24)18-28(33)30(25)29/h1-15,17-18,26-27H,16H2. The fraction of sp³-hybridized carbons (Fsp3) is 0.0968. The van der Waals surface area contributed by atoms with Crippen molar-refractivity contribution < 1.29 is 9.59 Å². The maximum atomic E-state index is 14.0. The summed E-state index contributed by atoms with van der Waals surface area (Å²) in [6.45, 7) is 0.